The lowest BCUT2D eigenvalue weighted by Crippen LogP contribution is -2.18. The number of anilines is 1. The molecule has 0 aromatic heterocycles. The summed E-state index contributed by atoms with van der Waals surface area (Å²) in [5, 5.41) is 2.76. The van der Waals surface area contributed by atoms with Gasteiger partial charge in [-0.25, -0.2) is 0 Å². The Balaban J connectivity index is 0.00000289. The molecule has 1 rings (SSSR count). The van der Waals surface area contributed by atoms with E-state index in [9.17, 15) is 4.79 Å². The van der Waals surface area contributed by atoms with Crippen LogP contribution in [0.1, 0.15) is 31.9 Å². The third-order valence-corrected chi connectivity index (χ3v) is 2.30. The van der Waals surface area contributed by atoms with E-state index in [1.165, 1.54) is 0 Å². The van der Waals surface area contributed by atoms with Gasteiger partial charge in [-0.3, -0.25) is 4.79 Å². The van der Waals surface area contributed by atoms with E-state index in [2.05, 4.69) is 5.32 Å². The number of halogens is 1. The number of benzene rings is 1. The molecule has 5 heteroatoms. The third kappa shape index (κ3) is 6.00. The smallest absolute Gasteiger partial charge is 0.250 e. The number of amides is 1. The van der Waals surface area contributed by atoms with Crippen molar-refractivity contribution in [3.63, 3.8) is 0 Å². The number of nitrogens with one attached hydrogen (secondary N) is 1. The van der Waals surface area contributed by atoms with E-state index in [1.54, 1.807) is 0 Å². The van der Waals surface area contributed by atoms with Crippen LogP contribution in [0.25, 0.3) is 0 Å². The van der Waals surface area contributed by atoms with Crippen LogP contribution >= 0.6 is 12.4 Å². The zero-order valence-electron chi connectivity index (χ0n) is 10.8. The van der Waals surface area contributed by atoms with E-state index in [0.717, 1.165) is 17.7 Å². The van der Waals surface area contributed by atoms with E-state index >= 15 is 0 Å². The predicted molar refractivity (Wildman–Crippen MR) is 76.0 cm³/mol. The zero-order chi connectivity index (χ0) is 12.7. The Kier molecular flexibility index (Phi) is 8.37. The van der Waals surface area contributed by atoms with Crippen LogP contribution in [0.5, 0.6) is 0 Å². The summed E-state index contributed by atoms with van der Waals surface area (Å²) in [5.74, 6) is -0.132. The van der Waals surface area contributed by atoms with E-state index in [4.69, 9.17) is 10.5 Å². The lowest BCUT2D eigenvalue weighted by Gasteiger charge is -2.08. The van der Waals surface area contributed by atoms with Gasteiger partial charge in [0.2, 0.25) is 5.91 Å². The number of nitrogens with two attached hydrogens (primary N) is 1. The number of carbonyl (C=O) groups excluding carboxylic acids is 1. The second kappa shape index (κ2) is 8.91. The molecule has 18 heavy (non-hydrogen) atoms. The van der Waals surface area contributed by atoms with Crippen molar-refractivity contribution in [3.8, 4) is 0 Å². The third-order valence-electron chi connectivity index (χ3n) is 2.30. The molecular weight excluding hydrogens is 252 g/mol. The molecule has 1 unspecified atom stereocenters. The van der Waals surface area contributed by atoms with Gasteiger partial charge in [-0.2, -0.15) is 0 Å². The van der Waals surface area contributed by atoms with Gasteiger partial charge in [0.1, 0.15) is 6.61 Å². The summed E-state index contributed by atoms with van der Waals surface area (Å²) < 4.78 is 5.15. The molecule has 0 saturated heterocycles. The first-order valence-corrected chi connectivity index (χ1v) is 5.86. The molecule has 0 radical (unpaired) electrons. The van der Waals surface area contributed by atoms with Gasteiger partial charge in [0, 0.05) is 18.3 Å². The van der Waals surface area contributed by atoms with Gasteiger partial charge in [-0.1, -0.05) is 19.1 Å². The highest BCUT2D eigenvalue weighted by Gasteiger charge is 2.03. The topological polar surface area (TPSA) is 64.3 Å². The molecule has 0 aliphatic heterocycles. The maximum Gasteiger partial charge on any atom is 0.250 e. The number of hydrogen-bond acceptors (Lipinski definition) is 3. The molecule has 0 heterocycles. The largest absolute Gasteiger partial charge is 0.372 e. The highest BCUT2D eigenvalue weighted by Crippen LogP contribution is 2.13. The van der Waals surface area contributed by atoms with E-state index < -0.39 is 0 Å². The first-order chi connectivity index (χ1) is 8.13. The Hall–Kier alpha value is -1.10. The van der Waals surface area contributed by atoms with Crippen LogP contribution in [0, 0.1) is 0 Å². The van der Waals surface area contributed by atoms with Crippen molar-refractivity contribution >= 4 is 24.0 Å². The van der Waals surface area contributed by atoms with Gasteiger partial charge in [0.25, 0.3) is 0 Å². The fourth-order valence-corrected chi connectivity index (χ4v) is 1.38. The van der Waals surface area contributed by atoms with Crippen molar-refractivity contribution in [1.82, 2.24) is 0 Å². The summed E-state index contributed by atoms with van der Waals surface area (Å²) in [6.07, 6.45) is 0.913. The van der Waals surface area contributed by atoms with Crippen LogP contribution in [0.3, 0.4) is 0 Å². The minimum absolute atomic E-state index is 0. The fraction of sp³-hybridized carbons (Fsp3) is 0.462. The van der Waals surface area contributed by atoms with Gasteiger partial charge in [-0.05, 0) is 31.0 Å². The molecule has 1 aromatic carbocycles. The molecule has 1 atom stereocenters. The number of rotatable bonds is 6. The van der Waals surface area contributed by atoms with Crippen LogP contribution in [-0.4, -0.2) is 19.1 Å². The molecule has 102 valence electrons. The maximum atomic E-state index is 11.4. The Morgan fingerprint density at radius 1 is 1.39 bits per heavy atom. The van der Waals surface area contributed by atoms with Gasteiger partial charge >= 0.3 is 0 Å². The summed E-state index contributed by atoms with van der Waals surface area (Å²) in [5.41, 5.74) is 7.55. The highest BCUT2D eigenvalue weighted by atomic mass is 35.5. The second-order valence-corrected chi connectivity index (χ2v) is 4.01. The minimum atomic E-state index is -0.132. The molecule has 0 aliphatic rings. The Morgan fingerprint density at radius 2 is 2.00 bits per heavy atom. The average molecular weight is 273 g/mol. The van der Waals surface area contributed by atoms with E-state index in [-0.39, 0.29) is 31.0 Å². The van der Waals surface area contributed by atoms with Crippen molar-refractivity contribution in [2.24, 2.45) is 5.73 Å². The molecule has 0 bridgehead atoms. The summed E-state index contributed by atoms with van der Waals surface area (Å²) in [6.45, 7) is 4.64. The number of ether oxygens (including phenoxy) is 1. The van der Waals surface area contributed by atoms with Crippen molar-refractivity contribution in [2.45, 2.75) is 26.3 Å². The zero-order valence-corrected chi connectivity index (χ0v) is 11.6. The molecule has 0 spiro atoms. The SMILES string of the molecule is CCCOCC(=O)Nc1ccc(C(C)N)cc1.Cl. The standard InChI is InChI=1S/C13H20N2O2.ClH/c1-3-8-17-9-13(16)15-12-6-4-11(5-7-12)10(2)14;/h4-7,10H,3,8-9,14H2,1-2H3,(H,15,16);1H. The van der Waals surface area contributed by atoms with Crippen LogP contribution in [0.15, 0.2) is 24.3 Å². The lowest BCUT2D eigenvalue weighted by atomic mass is 10.1. The van der Waals surface area contributed by atoms with Crippen molar-refractivity contribution in [3.05, 3.63) is 29.8 Å². The summed E-state index contributed by atoms with van der Waals surface area (Å²) >= 11 is 0. The van der Waals surface area contributed by atoms with Crippen molar-refractivity contribution in [2.75, 3.05) is 18.5 Å². The maximum absolute atomic E-state index is 11.4. The molecule has 1 aromatic rings. The molecule has 1 amide bonds. The lowest BCUT2D eigenvalue weighted by molar-refractivity contribution is -0.120. The Morgan fingerprint density at radius 3 is 2.50 bits per heavy atom. The first-order valence-electron chi connectivity index (χ1n) is 5.86. The van der Waals surface area contributed by atoms with E-state index in [1.807, 2.05) is 38.1 Å². The summed E-state index contributed by atoms with van der Waals surface area (Å²) in [4.78, 5) is 11.4. The van der Waals surface area contributed by atoms with Crippen molar-refractivity contribution < 1.29 is 9.53 Å². The highest BCUT2D eigenvalue weighted by molar-refractivity contribution is 5.91. The Labute approximate surface area is 114 Å². The number of hydrogen-bond donors (Lipinski definition) is 2. The molecule has 0 saturated carbocycles. The van der Waals surface area contributed by atoms with Crippen LogP contribution < -0.4 is 11.1 Å². The van der Waals surface area contributed by atoms with Gasteiger partial charge in [0.05, 0.1) is 0 Å². The number of carbonyl (C=O) groups is 1. The minimum Gasteiger partial charge on any atom is -0.372 e. The molecular formula is C13H21ClN2O2. The second-order valence-electron chi connectivity index (χ2n) is 4.01. The Bertz CT molecular complexity index is 353. The predicted octanol–water partition coefficient (Wildman–Crippen LogP) is 2.49. The quantitative estimate of drug-likeness (QED) is 0.782. The van der Waals surface area contributed by atoms with Gasteiger partial charge < -0.3 is 15.8 Å². The van der Waals surface area contributed by atoms with Gasteiger partial charge in [0.15, 0.2) is 0 Å². The molecule has 4 nitrogen and oxygen atoms in total. The van der Waals surface area contributed by atoms with Crippen molar-refractivity contribution in [1.29, 1.82) is 0 Å². The van der Waals surface area contributed by atoms with Crippen LogP contribution in [0.2, 0.25) is 0 Å². The molecule has 0 aliphatic carbocycles. The molecule has 0 fully saturated rings. The molecule has 3 N–H and O–H groups in total. The average Bonchev–Trinajstić information content (AvgIpc) is 2.30. The summed E-state index contributed by atoms with van der Waals surface area (Å²) in [6, 6.07) is 7.51. The van der Waals surface area contributed by atoms with Crippen LogP contribution in [0.4, 0.5) is 5.69 Å². The van der Waals surface area contributed by atoms with Gasteiger partial charge in [-0.15, -0.1) is 12.4 Å². The normalized spacial score (nSPS) is 11.5. The monoisotopic (exact) mass is 272 g/mol. The van der Waals surface area contributed by atoms with Crippen LogP contribution in [-0.2, 0) is 9.53 Å². The van der Waals surface area contributed by atoms with E-state index in [0.29, 0.717) is 6.61 Å². The summed E-state index contributed by atoms with van der Waals surface area (Å²) in [7, 11) is 0. The fourth-order valence-electron chi connectivity index (χ4n) is 1.38. The first kappa shape index (κ1) is 16.9.